The molecule has 4 rings (SSSR count). The minimum absolute atomic E-state index is 0.0494. The van der Waals surface area contributed by atoms with Crippen molar-refractivity contribution in [2.75, 3.05) is 26.7 Å². The fourth-order valence-electron chi connectivity index (χ4n) is 3.78. The van der Waals surface area contributed by atoms with Crippen LogP contribution in [0, 0.1) is 5.82 Å². The van der Waals surface area contributed by atoms with Gasteiger partial charge in [-0.25, -0.2) is 4.39 Å². The summed E-state index contributed by atoms with van der Waals surface area (Å²) in [5, 5.41) is 9.58. The molecule has 2 aromatic carbocycles. The summed E-state index contributed by atoms with van der Waals surface area (Å²) in [6.45, 7) is 1.43. The second-order valence-corrected chi connectivity index (χ2v) is 8.64. The molecule has 1 amide bonds. The molecule has 7 heteroatoms. The molecule has 2 aliphatic rings. The van der Waals surface area contributed by atoms with Crippen LogP contribution in [0.15, 0.2) is 53.5 Å². The molecule has 0 unspecified atom stereocenters. The number of guanidine groups is 1. The van der Waals surface area contributed by atoms with Crippen LogP contribution in [0.2, 0.25) is 0 Å². The SMILES string of the molecule is CN=C(NCCc1ccc(OCC(=O)NC2CC2)cc1)NCC1(c2ccccc2F)CC1. The fourth-order valence-corrected chi connectivity index (χ4v) is 3.78. The summed E-state index contributed by atoms with van der Waals surface area (Å²) in [6.07, 6.45) is 4.92. The molecule has 0 spiro atoms. The van der Waals surface area contributed by atoms with Crippen molar-refractivity contribution >= 4 is 11.9 Å². The molecule has 2 saturated carbocycles. The van der Waals surface area contributed by atoms with Gasteiger partial charge in [-0.1, -0.05) is 30.3 Å². The number of nitrogens with zero attached hydrogens (tertiary/aromatic N) is 1. The number of amides is 1. The third-order valence-electron chi connectivity index (χ3n) is 6.06. The number of rotatable bonds is 10. The number of aliphatic imine (C=N–C) groups is 1. The van der Waals surface area contributed by atoms with E-state index in [1.807, 2.05) is 36.4 Å². The summed E-state index contributed by atoms with van der Waals surface area (Å²) < 4.78 is 19.7. The van der Waals surface area contributed by atoms with Crippen LogP contribution >= 0.6 is 0 Å². The molecule has 0 saturated heterocycles. The monoisotopic (exact) mass is 438 g/mol. The number of nitrogens with one attached hydrogen (secondary N) is 3. The van der Waals surface area contributed by atoms with Crippen molar-refractivity contribution in [3.05, 3.63) is 65.5 Å². The van der Waals surface area contributed by atoms with Gasteiger partial charge in [-0.2, -0.15) is 0 Å². The lowest BCUT2D eigenvalue weighted by Gasteiger charge is -2.19. The summed E-state index contributed by atoms with van der Waals surface area (Å²) >= 11 is 0. The number of hydrogen-bond donors (Lipinski definition) is 3. The molecule has 2 aliphatic carbocycles. The van der Waals surface area contributed by atoms with E-state index in [-0.39, 0.29) is 23.7 Å². The molecule has 2 fully saturated rings. The Morgan fingerprint density at radius 2 is 1.88 bits per heavy atom. The predicted molar refractivity (Wildman–Crippen MR) is 123 cm³/mol. The molecule has 0 heterocycles. The quantitative estimate of drug-likeness (QED) is 0.394. The maximum atomic E-state index is 14.2. The summed E-state index contributed by atoms with van der Waals surface area (Å²) in [6, 6.07) is 15.2. The first-order valence-electron chi connectivity index (χ1n) is 11.3. The van der Waals surface area contributed by atoms with Gasteiger partial charge in [0.1, 0.15) is 11.6 Å². The molecule has 32 heavy (non-hydrogen) atoms. The van der Waals surface area contributed by atoms with E-state index in [2.05, 4.69) is 20.9 Å². The summed E-state index contributed by atoms with van der Waals surface area (Å²) in [5.41, 5.74) is 1.82. The second kappa shape index (κ2) is 10.0. The maximum absolute atomic E-state index is 14.2. The Labute approximate surface area is 188 Å². The van der Waals surface area contributed by atoms with E-state index >= 15 is 0 Å². The topological polar surface area (TPSA) is 74.8 Å². The summed E-state index contributed by atoms with van der Waals surface area (Å²) in [4.78, 5) is 16.0. The van der Waals surface area contributed by atoms with Gasteiger partial charge in [-0.15, -0.1) is 0 Å². The lowest BCUT2D eigenvalue weighted by atomic mass is 9.95. The van der Waals surface area contributed by atoms with Crippen LogP contribution in [0.1, 0.15) is 36.8 Å². The number of halogens is 1. The largest absolute Gasteiger partial charge is 0.484 e. The smallest absolute Gasteiger partial charge is 0.258 e. The standard InChI is InChI=1S/C25H31FN4O2/c1-27-24(29-17-25(13-14-25)21-4-2-3-5-22(21)26)28-15-12-18-6-10-20(11-7-18)32-16-23(31)30-19-8-9-19/h2-7,10-11,19H,8-9,12-17H2,1H3,(H,30,31)(H2,27,28,29). The summed E-state index contributed by atoms with van der Waals surface area (Å²) in [7, 11) is 1.74. The second-order valence-electron chi connectivity index (χ2n) is 8.64. The first-order valence-corrected chi connectivity index (χ1v) is 11.3. The van der Waals surface area contributed by atoms with E-state index in [0.29, 0.717) is 24.3 Å². The van der Waals surface area contributed by atoms with Gasteiger partial charge < -0.3 is 20.7 Å². The van der Waals surface area contributed by atoms with Gasteiger partial charge in [0.2, 0.25) is 0 Å². The maximum Gasteiger partial charge on any atom is 0.258 e. The van der Waals surface area contributed by atoms with Crippen molar-refractivity contribution in [3.8, 4) is 5.75 Å². The number of benzene rings is 2. The molecule has 2 aromatic rings. The molecular weight excluding hydrogens is 407 g/mol. The molecule has 0 bridgehead atoms. The zero-order chi connectivity index (χ0) is 22.4. The molecule has 0 atom stereocenters. The molecule has 6 nitrogen and oxygen atoms in total. The Balaban J connectivity index is 1.18. The summed E-state index contributed by atoms with van der Waals surface area (Å²) in [5.74, 6) is 1.20. The number of ether oxygens (including phenoxy) is 1. The molecule has 3 N–H and O–H groups in total. The van der Waals surface area contributed by atoms with E-state index in [1.165, 1.54) is 6.07 Å². The van der Waals surface area contributed by atoms with Crippen LogP contribution in [-0.2, 0) is 16.6 Å². The lowest BCUT2D eigenvalue weighted by molar-refractivity contribution is -0.123. The minimum atomic E-state index is -0.134. The van der Waals surface area contributed by atoms with E-state index in [0.717, 1.165) is 49.8 Å². The van der Waals surface area contributed by atoms with Crippen LogP contribution in [0.25, 0.3) is 0 Å². The average Bonchev–Trinajstić information content (AvgIpc) is 3.73. The normalized spacial score (nSPS) is 16.9. The van der Waals surface area contributed by atoms with Crippen LogP contribution in [0.5, 0.6) is 5.75 Å². The zero-order valence-electron chi connectivity index (χ0n) is 18.5. The zero-order valence-corrected chi connectivity index (χ0v) is 18.5. The Hall–Kier alpha value is -3.09. The van der Waals surface area contributed by atoms with Crippen LogP contribution in [0.3, 0.4) is 0 Å². The van der Waals surface area contributed by atoms with Crippen molar-refractivity contribution < 1.29 is 13.9 Å². The van der Waals surface area contributed by atoms with Crippen LogP contribution < -0.4 is 20.7 Å². The van der Waals surface area contributed by atoms with Crippen molar-refractivity contribution in [1.29, 1.82) is 0 Å². The Kier molecular flexibility index (Phi) is 6.93. The average molecular weight is 439 g/mol. The molecule has 170 valence electrons. The number of hydrogen-bond acceptors (Lipinski definition) is 3. The van der Waals surface area contributed by atoms with Gasteiger partial charge in [0, 0.05) is 31.6 Å². The van der Waals surface area contributed by atoms with E-state index in [1.54, 1.807) is 13.1 Å². The van der Waals surface area contributed by atoms with Crippen molar-refractivity contribution in [2.45, 2.75) is 43.6 Å². The van der Waals surface area contributed by atoms with E-state index < -0.39 is 0 Å². The first kappa shape index (κ1) is 22.1. The highest BCUT2D eigenvalue weighted by Gasteiger charge is 2.45. The highest BCUT2D eigenvalue weighted by Crippen LogP contribution is 2.48. The van der Waals surface area contributed by atoms with E-state index in [9.17, 15) is 9.18 Å². The van der Waals surface area contributed by atoms with Gasteiger partial charge >= 0.3 is 0 Å². The van der Waals surface area contributed by atoms with Gasteiger partial charge in [-0.05, 0) is 61.4 Å². The number of carbonyl (C=O) groups is 1. The van der Waals surface area contributed by atoms with Crippen molar-refractivity contribution in [1.82, 2.24) is 16.0 Å². The van der Waals surface area contributed by atoms with Crippen LogP contribution in [-0.4, -0.2) is 44.7 Å². The highest BCUT2D eigenvalue weighted by atomic mass is 19.1. The Bertz CT molecular complexity index is 953. The van der Waals surface area contributed by atoms with Crippen LogP contribution in [0.4, 0.5) is 4.39 Å². The Morgan fingerprint density at radius 3 is 2.53 bits per heavy atom. The molecular formula is C25H31FN4O2. The van der Waals surface area contributed by atoms with Gasteiger partial charge in [-0.3, -0.25) is 9.79 Å². The van der Waals surface area contributed by atoms with Gasteiger partial charge in [0.05, 0.1) is 0 Å². The first-order chi connectivity index (χ1) is 15.6. The van der Waals surface area contributed by atoms with Gasteiger partial charge in [0.25, 0.3) is 5.91 Å². The third kappa shape index (κ3) is 5.99. The van der Waals surface area contributed by atoms with Crippen molar-refractivity contribution in [3.63, 3.8) is 0 Å². The predicted octanol–water partition coefficient (Wildman–Crippen LogP) is 2.92. The lowest BCUT2D eigenvalue weighted by Crippen LogP contribution is -2.42. The molecule has 0 aliphatic heterocycles. The molecule has 0 aromatic heterocycles. The van der Waals surface area contributed by atoms with Crippen molar-refractivity contribution in [2.24, 2.45) is 4.99 Å². The fraction of sp³-hybridized carbons (Fsp3) is 0.440. The molecule has 0 radical (unpaired) electrons. The minimum Gasteiger partial charge on any atom is -0.484 e. The third-order valence-corrected chi connectivity index (χ3v) is 6.06. The Morgan fingerprint density at radius 1 is 1.12 bits per heavy atom. The number of carbonyl (C=O) groups excluding carboxylic acids is 1. The highest BCUT2D eigenvalue weighted by molar-refractivity contribution is 5.80. The van der Waals surface area contributed by atoms with Gasteiger partial charge in [0.15, 0.2) is 12.6 Å². The van der Waals surface area contributed by atoms with E-state index in [4.69, 9.17) is 4.74 Å².